The molecule has 1 saturated carbocycles. The van der Waals surface area contributed by atoms with Gasteiger partial charge in [0.05, 0.1) is 11.3 Å². The van der Waals surface area contributed by atoms with Gasteiger partial charge in [0.25, 0.3) is 5.56 Å². The van der Waals surface area contributed by atoms with Crippen molar-refractivity contribution in [2.45, 2.75) is 69.0 Å². The van der Waals surface area contributed by atoms with Gasteiger partial charge in [-0.3, -0.25) is 9.36 Å². The van der Waals surface area contributed by atoms with Crippen LogP contribution in [-0.2, 0) is 18.4 Å². The lowest BCUT2D eigenvalue weighted by Gasteiger charge is -2.42. The number of nitrogens with zero attached hydrogens (tertiary/aromatic N) is 2. The van der Waals surface area contributed by atoms with Crippen molar-refractivity contribution in [3.8, 4) is 11.3 Å². The zero-order chi connectivity index (χ0) is 17.4. The molecule has 2 aliphatic rings. The fourth-order valence-electron chi connectivity index (χ4n) is 4.80. The average Bonchev–Trinajstić information content (AvgIpc) is 2.64. The summed E-state index contributed by atoms with van der Waals surface area (Å²) >= 11 is 1.58. The molecule has 132 valence electrons. The highest BCUT2D eigenvalue weighted by molar-refractivity contribution is 7.98. The van der Waals surface area contributed by atoms with Crippen LogP contribution < -0.4 is 5.56 Å². The Bertz CT molecular complexity index is 849. The van der Waals surface area contributed by atoms with Gasteiger partial charge in [0.1, 0.15) is 0 Å². The van der Waals surface area contributed by atoms with E-state index < -0.39 is 0 Å². The molecular formula is C21H26N2OS. The number of fused-ring (bicyclic) bond motifs is 4. The van der Waals surface area contributed by atoms with Crippen molar-refractivity contribution in [3.63, 3.8) is 0 Å². The van der Waals surface area contributed by atoms with E-state index in [0.29, 0.717) is 0 Å². The standard InChI is InChI=1S/C21H26N2OS/c1-3-13-23-19(24)17-18(22-20(23)25-2)16-10-6-5-9-15(16)14-21(17)11-7-4-8-12-21/h5-6,9-10H,3-4,7-8,11-14H2,1-2H3. The Morgan fingerprint density at radius 1 is 1.20 bits per heavy atom. The van der Waals surface area contributed by atoms with Gasteiger partial charge in [0.15, 0.2) is 5.16 Å². The van der Waals surface area contributed by atoms with E-state index in [-0.39, 0.29) is 11.0 Å². The summed E-state index contributed by atoms with van der Waals surface area (Å²) in [7, 11) is 0. The second-order valence-corrected chi connectivity index (χ2v) is 8.23. The lowest BCUT2D eigenvalue weighted by molar-refractivity contribution is 0.282. The first kappa shape index (κ1) is 16.9. The molecule has 0 N–H and O–H groups in total. The predicted molar refractivity (Wildman–Crippen MR) is 104 cm³/mol. The molecule has 0 bridgehead atoms. The maximum atomic E-state index is 13.6. The van der Waals surface area contributed by atoms with Gasteiger partial charge >= 0.3 is 0 Å². The van der Waals surface area contributed by atoms with Crippen molar-refractivity contribution in [3.05, 3.63) is 45.7 Å². The normalized spacial score (nSPS) is 18.0. The Morgan fingerprint density at radius 3 is 2.68 bits per heavy atom. The smallest absolute Gasteiger partial charge is 0.258 e. The van der Waals surface area contributed by atoms with Gasteiger partial charge in [-0.2, -0.15) is 0 Å². The van der Waals surface area contributed by atoms with Crippen LogP contribution in [-0.4, -0.2) is 15.8 Å². The monoisotopic (exact) mass is 354 g/mol. The Morgan fingerprint density at radius 2 is 1.96 bits per heavy atom. The van der Waals surface area contributed by atoms with Crippen molar-refractivity contribution >= 4 is 11.8 Å². The first-order valence-electron chi connectivity index (χ1n) is 9.48. The second kappa shape index (κ2) is 6.64. The highest BCUT2D eigenvalue weighted by Gasteiger charge is 2.43. The van der Waals surface area contributed by atoms with E-state index >= 15 is 0 Å². The summed E-state index contributed by atoms with van der Waals surface area (Å²) in [4.78, 5) is 18.6. The fourth-order valence-corrected chi connectivity index (χ4v) is 5.38. The number of benzene rings is 1. The Kier molecular flexibility index (Phi) is 4.48. The Labute approximate surface area is 153 Å². The summed E-state index contributed by atoms with van der Waals surface area (Å²) in [5.41, 5.74) is 4.72. The van der Waals surface area contributed by atoms with Crippen LogP contribution >= 0.6 is 11.8 Å². The third kappa shape index (κ3) is 2.66. The van der Waals surface area contributed by atoms with E-state index in [1.165, 1.54) is 30.4 Å². The predicted octanol–water partition coefficient (Wildman–Crippen LogP) is 4.80. The third-order valence-corrected chi connectivity index (χ3v) is 6.58. The van der Waals surface area contributed by atoms with Crippen molar-refractivity contribution in [1.29, 1.82) is 0 Å². The molecule has 0 amide bonds. The van der Waals surface area contributed by atoms with Crippen molar-refractivity contribution in [2.75, 3.05) is 6.26 Å². The van der Waals surface area contributed by atoms with Crippen LogP contribution in [0.3, 0.4) is 0 Å². The molecular weight excluding hydrogens is 328 g/mol. The molecule has 3 nitrogen and oxygen atoms in total. The minimum Gasteiger partial charge on any atom is -0.287 e. The van der Waals surface area contributed by atoms with E-state index in [0.717, 1.165) is 48.6 Å². The molecule has 4 rings (SSSR count). The molecule has 25 heavy (non-hydrogen) atoms. The molecule has 1 aromatic carbocycles. The van der Waals surface area contributed by atoms with Crippen molar-refractivity contribution in [2.24, 2.45) is 0 Å². The van der Waals surface area contributed by atoms with Gasteiger partial charge in [0, 0.05) is 17.5 Å². The molecule has 1 fully saturated rings. The van der Waals surface area contributed by atoms with Crippen LogP contribution in [0, 0.1) is 0 Å². The second-order valence-electron chi connectivity index (χ2n) is 7.45. The van der Waals surface area contributed by atoms with Gasteiger partial charge in [0.2, 0.25) is 0 Å². The number of rotatable bonds is 3. The van der Waals surface area contributed by atoms with Crippen LogP contribution in [0.25, 0.3) is 11.3 Å². The van der Waals surface area contributed by atoms with Crippen molar-refractivity contribution < 1.29 is 0 Å². The van der Waals surface area contributed by atoms with Crippen LogP contribution in [0.1, 0.15) is 56.6 Å². The highest BCUT2D eigenvalue weighted by Crippen LogP contribution is 2.48. The summed E-state index contributed by atoms with van der Waals surface area (Å²) in [5.74, 6) is 0. The first-order chi connectivity index (χ1) is 12.2. The lowest BCUT2D eigenvalue weighted by atomic mass is 9.62. The number of aromatic nitrogens is 2. The first-order valence-corrected chi connectivity index (χ1v) is 10.7. The number of hydrogen-bond donors (Lipinski definition) is 0. The number of hydrogen-bond acceptors (Lipinski definition) is 3. The third-order valence-electron chi connectivity index (χ3n) is 5.91. The average molecular weight is 355 g/mol. The van der Waals surface area contributed by atoms with Gasteiger partial charge < -0.3 is 0 Å². The SMILES string of the molecule is CCCn1c(SC)nc2c(c1=O)C1(CCCCC1)Cc1ccccc1-2. The lowest BCUT2D eigenvalue weighted by Crippen LogP contribution is -2.43. The highest BCUT2D eigenvalue weighted by atomic mass is 32.2. The van der Waals surface area contributed by atoms with Gasteiger partial charge in [-0.25, -0.2) is 4.98 Å². The topological polar surface area (TPSA) is 34.9 Å². The van der Waals surface area contributed by atoms with Crippen molar-refractivity contribution in [1.82, 2.24) is 9.55 Å². The molecule has 0 saturated heterocycles. The number of thioether (sulfide) groups is 1. The summed E-state index contributed by atoms with van der Waals surface area (Å²) in [6, 6.07) is 8.56. The largest absolute Gasteiger partial charge is 0.287 e. The molecule has 0 aliphatic heterocycles. The Hall–Kier alpha value is -1.55. The zero-order valence-corrected chi connectivity index (χ0v) is 16.0. The van der Waals surface area contributed by atoms with Crippen LogP contribution in [0.15, 0.2) is 34.2 Å². The van der Waals surface area contributed by atoms with Gasteiger partial charge in [-0.05, 0) is 37.5 Å². The van der Waals surface area contributed by atoms with Gasteiger partial charge in [-0.15, -0.1) is 0 Å². The zero-order valence-electron chi connectivity index (χ0n) is 15.2. The van der Waals surface area contributed by atoms with Crippen LogP contribution in [0.4, 0.5) is 0 Å². The van der Waals surface area contributed by atoms with E-state index in [4.69, 9.17) is 4.98 Å². The van der Waals surface area contributed by atoms with E-state index in [2.05, 4.69) is 31.2 Å². The Balaban J connectivity index is 2.03. The minimum atomic E-state index is -0.00154. The van der Waals surface area contributed by atoms with E-state index in [9.17, 15) is 4.79 Å². The van der Waals surface area contributed by atoms with E-state index in [1.54, 1.807) is 11.8 Å². The molecule has 0 radical (unpaired) electrons. The maximum absolute atomic E-state index is 13.6. The molecule has 1 spiro atoms. The summed E-state index contributed by atoms with van der Waals surface area (Å²) < 4.78 is 1.92. The fraction of sp³-hybridized carbons (Fsp3) is 0.524. The van der Waals surface area contributed by atoms with Gasteiger partial charge in [-0.1, -0.05) is 62.2 Å². The molecule has 0 atom stereocenters. The minimum absolute atomic E-state index is 0.00154. The molecule has 1 aromatic heterocycles. The quantitative estimate of drug-likeness (QED) is 0.586. The maximum Gasteiger partial charge on any atom is 0.258 e. The molecule has 4 heteroatoms. The molecule has 2 aromatic rings. The molecule has 1 heterocycles. The van der Waals surface area contributed by atoms with Crippen LogP contribution in [0.5, 0.6) is 0 Å². The van der Waals surface area contributed by atoms with Crippen LogP contribution in [0.2, 0.25) is 0 Å². The molecule has 2 aliphatic carbocycles. The summed E-state index contributed by atoms with van der Waals surface area (Å²) in [6.45, 7) is 2.88. The van der Waals surface area contributed by atoms with E-state index in [1.807, 2.05) is 10.8 Å². The summed E-state index contributed by atoms with van der Waals surface area (Å²) in [6.07, 6.45) is 9.95. The summed E-state index contributed by atoms with van der Waals surface area (Å²) in [5, 5.41) is 0.855. The molecule has 0 unspecified atom stereocenters.